The maximum absolute atomic E-state index is 12.8. The second-order valence-corrected chi connectivity index (χ2v) is 2.91. The average molecular weight is 205 g/mol. The summed E-state index contributed by atoms with van der Waals surface area (Å²) in [5.41, 5.74) is 0. The van der Waals surface area contributed by atoms with Crippen molar-refractivity contribution in [3.05, 3.63) is 29.0 Å². The molecule has 13 heavy (non-hydrogen) atoms. The van der Waals surface area contributed by atoms with E-state index in [1.165, 1.54) is 12.1 Å². The SMILES string of the molecule is OCCCOc1ccc(Cl)c(F)c1. The van der Waals surface area contributed by atoms with Gasteiger partial charge in [0.25, 0.3) is 0 Å². The predicted octanol–water partition coefficient (Wildman–Crippen LogP) is 2.24. The number of hydrogen-bond acceptors (Lipinski definition) is 2. The van der Waals surface area contributed by atoms with Gasteiger partial charge in [0.15, 0.2) is 0 Å². The van der Waals surface area contributed by atoms with Crippen LogP contribution in [-0.4, -0.2) is 18.3 Å². The summed E-state index contributed by atoms with van der Waals surface area (Å²) < 4.78 is 18.0. The van der Waals surface area contributed by atoms with E-state index in [-0.39, 0.29) is 11.6 Å². The fourth-order valence-electron chi connectivity index (χ4n) is 0.821. The molecular formula is C9H10ClFO2. The lowest BCUT2D eigenvalue weighted by molar-refractivity contribution is 0.233. The first kappa shape index (κ1) is 10.3. The fraction of sp³-hybridized carbons (Fsp3) is 0.333. The second-order valence-electron chi connectivity index (χ2n) is 2.50. The van der Waals surface area contributed by atoms with Gasteiger partial charge in [0, 0.05) is 19.1 Å². The van der Waals surface area contributed by atoms with E-state index in [1.807, 2.05) is 0 Å². The molecule has 1 N–H and O–H groups in total. The third kappa shape index (κ3) is 3.20. The lowest BCUT2D eigenvalue weighted by atomic mass is 10.3. The van der Waals surface area contributed by atoms with Crippen LogP contribution >= 0.6 is 11.6 Å². The molecule has 0 fully saturated rings. The standard InChI is InChI=1S/C9H10ClFO2/c10-8-3-2-7(6-9(8)11)13-5-1-4-12/h2-3,6,12H,1,4-5H2. The molecule has 1 aromatic rings. The van der Waals surface area contributed by atoms with Crippen molar-refractivity contribution in [1.29, 1.82) is 0 Å². The van der Waals surface area contributed by atoms with Gasteiger partial charge in [-0.1, -0.05) is 11.6 Å². The highest BCUT2D eigenvalue weighted by molar-refractivity contribution is 6.30. The molecular weight excluding hydrogens is 195 g/mol. The highest BCUT2D eigenvalue weighted by atomic mass is 35.5. The van der Waals surface area contributed by atoms with Crippen molar-refractivity contribution in [3.8, 4) is 5.75 Å². The van der Waals surface area contributed by atoms with Gasteiger partial charge in [-0.25, -0.2) is 4.39 Å². The molecule has 0 amide bonds. The molecule has 2 nitrogen and oxygen atoms in total. The molecule has 0 aromatic heterocycles. The predicted molar refractivity (Wildman–Crippen MR) is 48.6 cm³/mol. The zero-order valence-electron chi connectivity index (χ0n) is 6.96. The monoisotopic (exact) mass is 204 g/mol. The van der Waals surface area contributed by atoms with Crippen molar-refractivity contribution < 1.29 is 14.2 Å². The van der Waals surface area contributed by atoms with Crippen LogP contribution in [0.2, 0.25) is 5.02 Å². The molecule has 0 saturated carbocycles. The summed E-state index contributed by atoms with van der Waals surface area (Å²) in [6.07, 6.45) is 0.532. The molecule has 0 bridgehead atoms. The van der Waals surface area contributed by atoms with Crippen molar-refractivity contribution in [3.63, 3.8) is 0 Å². The Morgan fingerprint density at radius 1 is 1.46 bits per heavy atom. The van der Waals surface area contributed by atoms with Gasteiger partial charge in [0.05, 0.1) is 11.6 Å². The van der Waals surface area contributed by atoms with Gasteiger partial charge in [-0.05, 0) is 12.1 Å². The van der Waals surface area contributed by atoms with E-state index in [9.17, 15) is 4.39 Å². The van der Waals surface area contributed by atoms with Gasteiger partial charge in [0.1, 0.15) is 11.6 Å². The Morgan fingerprint density at radius 3 is 2.85 bits per heavy atom. The van der Waals surface area contributed by atoms with Crippen molar-refractivity contribution in [1.82, 2.24) is 0 Å². The fourth-order valence-corrected chi connectivity index (χ4v) is 0.939. The van der Waals surface area contributed by atoms with Crippen LogP contribution in [0.5, 0.6) is 5.75 Å². The van der Waals surface area contributed by atoms with Gasteiger partial charge < -0.3 is 9.84 Å². The second kappa shape index (κ2) is 5.04. The highest BCUT2D eigenvalue weighted by Gasteiger charge is 2.00. The number of aliphatic hydroxyl groups excluding tert-OH is 1. The molecule has 72 valence electrons. The number of rotatable bonds is 4. The number of halogens is 2. The summed E-state index contributed by atoms with van der Waals surface area (Å²) >= 11 is 5.47. The van der Waals surface area contributed by atoms with E-state index in [0.717, 1.165) is 0 Å². The minimum Gasteiger partial charge on any atom is -0.493 e. The smallest absolute Gasteiger partial charge is 0.145 e. The lowest BCUT2D eigenvalue weighted by Gasteiger charge is -2.04. The lowest BCUT2D eigenvalue weighted by Crippen LogP contribution is -1.99. The van der Waals surface area contributed by atoms with Crippen LogP contribution in [-0.2, 0) is 0 Å². The van der Waals surface area contributed by atoms with Gasteiger partial charge in [0.2, 0.25) is 0 Å². The zero-order valence-corrected chi connectivity index (χ0v) is 7.72. The largest absolute Gasteiger partial charge is 0.493 e. The summed E-state index contributed by atoms with van der Waals surface area (Å²) in [6, 6.07) is 4.24. The van der Waals surface area contributed by atoms with Crippen LogP contribution in [0.15, 0.2) is 18.2 Å². The molecule has 1 aromatic carbocycles. The van der Waals surface area contributed by atoms with Crippen LogP contribution in [0, 0.1) is 5.82 Å². The van der Waals surface area contributed by atoms with E-state index < -0.39 is 5.82 Å². The Hall–Kier alpha value is -0.800. The minimum atomic E-state index is -0.497. The van der Waals surface area contributed by atoms with Gasteiger partial charge in [-0.3, -0.25) is 0 Å². The first-order chi connectivity index (χ1) is 6.24. The van der Waals surface area contributed by atoms with Crippen molar-refractivity contribution in [2.24, 2.45) is 0 Å². The normalized spacial score (nSPS) is 10.1. The molecule has 0 unspecified atom stereocenters. The van der Waals surface area contributed by atoms with Crippen molar-refractivity contribution >= 4 is 11.6 Å². The molecule has 4 heteroatoms. The van der Waals surface area contributed by atoms with Crippen LogP contribution in [0.3, 0.4) is 0 Å². The third-order valence-electron chi connectivity index (χ3n) is 1.46. The van der Waals surface area contributed by atoms with E-state index in [4.69, 9.17) is 21.4 Å². The van der Waals surface area contributed by atoms with Crippen LogP contribution < -0.4 is 4.74 Å². The Labute approximate surface area is 80.9 Å². The van der Waals surface area contributed by atoms with Crippen LogP contribution in [0.25, 0.3) is 0 Å². The topological polar surface area (TPSA) is 29.5 Å². The summed E-state index contributed by atoms with van der Waals surface area (Å²) in [5.74, 6) is -0.0708. The summed E-state index contributed by atoms with van der Waals surface area (Å²) in [5, 5.41) is 8.55. The first-order valence-electron chi connectivity index (χ1n) is 3.93. The van der Waals surface area contributed by atoms with Gasteiger partial charge in [-0.15, -0.1) is 0 Å². The summed E-state index contributed by atoms with van der Waals surface area (Å²) in [4.78, 5) is 0. The molecule has 0 aliphatic heterocycles. The Bertz CT molecular complexity index is 278. The van der Waals surface area contributed by atoms with E-state index in [0.29, 0.717) is 18.8 Å². The summed E-state index contributed by atoms with van der Waals surface area (Å²) in [7, 11) is 0. The minimum absolute atomic E-state index is 0.0655. The molecule has 0 heterocycles. The molecule has 0 spiro atoms. The Kier molecular flexibility index (Phi) is 3.99. The molecule has 1 rings (SSSR count). The molecule has 0 saturated heterocycles. The number of ether oxygens (including phenoxy) is 1. The van der Waals surface area contributed by atoms with E-state index in [2.05, 4.69) is 0 Å². The van der Waals surface area contributed by atoms with Crippen molar-refractivity contribution in [2.75, 3.05) is 13.2 Å². The number of benzene rings is 1. The molecule has 0 radical (unpaired) electrons. The number of hydrogen-bond donors (Lipinski definition) is 1. The van der Waals surface area contributed by atoms with Crippen LogP contribution in [0.4, 0.5) is 4.39 Å². The summed E-state index contributed by atoms with van der Waals surface area (Å²) in [6.45, 7) is 0.438. The molecule has 0 aliphatic carbocycles. The highest BCUT2D eigenvalue weighted by Crippen LogP contribution is 2.20. The average Bonchev–Trinajstić information content (AvgIpc) is 2.12. The van der Waals surface area contributed by atoms with Gasteiger partial charge in [-0.2, -0.15) is 0 Å². The van der Waals surface area contributed by atoms with Crippen molar-refractivity contribution in [2.45, 2.75) is 6.42 Å². The van der Waals surface area contributed by atoms with E-state index >= 15 is 0 Å². The Balaban J connectivity index is 2.53. The maximum atomic E-state index is 12.8. The molecule has 0 atom stereocenters. The third-order valence-corrected chi connectivity index (χ3v) is 1.77. The van der Waals surface area contributed by atoms with E-state index in [1.54, 1.807) is 6.07 Å². The van der Waals surface area contributed by atoms with Gasteiger partial charge >= 0.3 is 0 Å². The quantitative estimate of drug-likeness (QED) is 0.763. The zero-order chi connectivity index (χ0) is 9.68. The van der Waals surface area contributed by atoms with Crippen LogP contribution in [0.1, 0.15) is 6.42 Å². The Morgan fingerprint density at radius 2 is 2.23 bits per heavy atom. The number of aliphatic hydroxyl groups is 1. The maximum Gasteiger partial charge on any atom is 0.145 e. The molecule has 0 aliphatic rings. The first-order valence-corrected chi connectivity index (χ1v) is 4.30.